The van der Waals surface area contributed by atoms with Crippen molar-refractivity contribution in [2.75, 3.05) is 7.11 Å². The van der Waals surface area contributed by atoms with E-state index in [1.807, 2.05) is 35.9 Å². The molecule has 4 aromatic rings. The molecule has 9 heteroatoms. The zero-order valence-corrected chi connectivity index (χ0v) is 15.1. The minimum atomic E-state index is -4.50. The van der Waals surface area contributed by atoms with E-state index in [2.05, 4.69) is 15.1 Å². The summed E-state index contributed by atoms with van der Waals surface area (Å²) < 4.78 is 47.6. The summed E-state index contributed by atoms with van der Waals surface area (Å²) >= 11 is 0. The highest BCUT2D eigenvalue weighted by molar-refractivity contribution is 5.50. The van der Waals surface area contributed by atoms with Gasteiger partial charge in [0.15, 0.2) is 11.5 Å². The van der Waals surface area contributed by atoms with Crippen molar-refractivity contribution in [3.63, 3.8) is 0 Å². The zero-order chi connectivity index (χ0) is 19.9. The van der Waals surface area contributed by atoms with E-state index < -0.39 is 11.9 Å². The number of hydrogen-bond acceptors (Lipinski definition) is 4. The zero-order valence-electron chi connectivity index (χ0n) is 15.1. The molecule has 0 bridgehead atoms. The van der Waals surface area contributed by atoms with Gasteiger partial charge in [0.1, 0.15) is 11.4 Å². The molecule has 1 aromatic carbocycles. The van der Waals surface area contributed by atoms with E-state index in [1.54, 1.807) is 13.4 Å². The van der Waals surface area contributed by atoms with E-state index in [1.165, 1.54) is 12.1 Å². The molecule has 0 spiro atoms. The number of aryl methyl sites for hydroxylation is 1. The van der Waals surface area contributed by atoms with Gasteiger partial charge in [0.25, 0.3) is 0 Å². The molecule has 0 radical (unpaired) electrons. The summed E-state index contributed by atoms with van der Waals surface area (Å²) in [5, 5.41) is 4.04. The van der Waals surface area contributed by atoms with Crippen molar-refractivity contribution in [1.29, 1.82) is 0 Å². The van der Waals surface area contributed by atoms with Crippen LogP contribution in [0.25, 0.3) is 11.3 Å². The van der Waals surface area contributed by atoms with Gasteiger partial charge >= 0.3 is 6.18 Å². The maximum Gasteiger partial charge on any atom is 0.433 e. The molecule has 0 aliphatic carbocycles. The molecule has 3 aromatic heterocycles. The number of hydrogen-bond donors (Lipinski definition) is 0. The Kier molecular flexibility index (Phi) is 4.29. The summed E-state index contributed by atoms with van der Waals surface area (Å²) in [5.74, 6) is 0.916. The summed E-state index contributed by atoms with van der Waals surface area (Å²) in [6, 6.07) is 9.35. The molecule has 3 heterocycles. The molecule has 0 fully saturated rings. The molecule has 0 aliphatic rings. The first-order valence-corrected chi connectivity index (χ1v) is 8.45. The number of benzene rings is 1. The van der Waals surface area contributed by atoms with Crippen molar-refractivity contribution in [1.82, 2.24) is 24.1 Å². The number of nitrogens with zero attached hydrogens (tertiary/aromatic N) is 5. The molecule has 0 N–H and O–H groups in total. The monoisotopic (exact) mass is 387 g/mol. The Morgan fingerprint density at radius 1 is 1.14 bits per heavy atom. The van der Waals surface area contributed by atoms with Crippen molar-refractivity contribution in [3.05, 3.63) is 71.7 Å². The molecule has 0 unspecified atom stereocenters. The van der Waals surface area contributed by atoms with E-state index in [4.69, 9.17) is 4.74 Å². The number of pyridine rings is 1. The van der Waals surface area contributed by atoms with Crippen LogP contribution in [0, 0.1) is 6.92 Å². The van der Waals surface area contributed by atoms with Crippen molar-refractivity contribution in [3.8, 4) is 11.4 Å². The first-order chi connectivity index (χ1) is 13.3. The second-order valence-corrected chi connectivity index (χ2v) is 6.31. The number of halogens is 3. The van der Waals surface area contributed by atoms with Gasteiger partial charge in [0.2, 0.25) is 0 Å². The van der Waals surface area contributed by atoms with Crippen LogP contribution in [-0.4, -0.2) is 31.3 Å². The van der Waals surface area contributed by atoms with Crippen LogP contribution < -0.4 is 4.74 Å². The molecule has 144 valence electrons. The van der Waals surface area contributed by atoms with Crippen molar-refractivity contribution < 1.29 is 17.9 Å². The van der Waals surface area contributed by atoms with Crippen LogP contribution >= 0.6 is 0 Å². The molecule has 0 aliphatic heterocycles. The average molecular weight is 387 g/mol. The van der Waals surface area contributed by atoms with Crippen LogP contribution in [0.15, 0.2) is 48.9 Å². The number of aromatic nitrogens is 5. The maximum absolute atomic E-state index is 13.1. The number of imidazole rings is 1. The third-order valence-electron chi connectivity index (χ3n) is 4.29. The summed E-state index contributed by atoms with van der Waals surface area (Å²) in [6.45, 7) is 1.89. The van der Waals surface area contributed by atoms with E-state index in [-0.39, 0.29) is 12.1 Å². The third kappa shape index (κ3) is 3.30. The fraction of sp³-hybridized carbons (Fsp3) is 0.211. The van der Waals surface area contributed by atoms with Gasteiger partial charge in [0, 0.05) is 12.6 Å². The molecule has 4 rings (SSSR count). The maximum atomic E-state index is 13.1. The van der Waals surface area contributed by atoms with Gasteiger partial charge in [0.05, 0.1) is 24.8 Å². The van der Waals surface area contributed by atoms with Crippen LogP contribution in [0.1, 0.15) is 22.8 Å². The fourth-order valence-corrected chi connectivity index (χ4v) is 3.02. The second kappa shape index (κ2) is 6.66. The Balaban J connectivity index is 1.68. The number of methoxy groups -OCH3 is 1. The summed E-state index contributed by atoms with van der Waals surface area (Å²) in [5.41, 5.74) is 1.81. The topological polar surface area (TPSA) is 57.2 Å². The van der Waals surface area contributed by atoms with Gasteiger partial charge in [-0.3, -0.25) is 0 Å². The van der Waals surface area contributed by atoms with Gasteiger partial charge in [-0.25, -0.2) is 14.5 Å². The van der Waals surface area contributed by atoms with E-state index in [0.29, 0.717) is 11.6 Å². The first kappa shape index (κ1) is 18.0. The molecule has 0 atom stereocenters. The predicted octanol–water partition coefficient (Wildman–Crippen LogP) is 3.84. The standard InChI is InChI=1S/C19H16F3N5O/c1-12-10-26(11-23-12)14-7-6-13(8-15(14)28-2)9-17-24-18-5-3-4-16(19(20,21)22)27(18)25-17/h3-8,10-11H,9H2,1-2H3. The lowest BCUT2D eigenvalue weighted by Crippen LogP contribution is -2.12. The minimum Gasteiger partial charge on any atom is -0.495 e. The van der Waals surface area contributed by atoms with Gasteiger partial charge in [-0.1, -0.05) is 12.1 Å². The lowest BCUT2D eigenvalue weighted by atomic mass is 10.1. The highest BCUT2D eigenvalue weighted by atomic mass is 19.4. The summed E-state index contributed by atoms with van der Waals surface area (Å²) in [4.78, 5) is 8.42. The molecular formula is C19H16F3N5O. The Morgan fingerprint density at radius 2 is 1.96 bits per heavy atom. The number of rotatable bonds is 4. The average Bonchev–Trinajstić information content (AvgIpc) is 3.25. The molecular weight excluding hydrogens is 371 g/mol. The largest absolute Gasteiger partial charge is 0.495 e. The van der Waals surface area contributed by atoms with E-state index >= 15 is 0 Å². The normalized spacial score (nSPS) is 11.9. The Labute approximate surface area is 158 Å². The SMILES string of the molecule is COc1cc(Cc2nc3cccc(C(F)(F)F)n3n2)ccc1-n1cnc(C)c1. The third-order valence-corrected chi connectivity index (χ3v) is 4.29. The van der Waals surface area contributed by atoms with Crippen molar-refractivity contribution >= 4 is 5.65 Å². The fourth-order valence-electron chi connectivity index (χ4n) is 3.02. The Hall–Kier alpha value is -3.36. The molecule has 0 saturated heterocycles. The van der Waals surface area contributed by atoms with Crippen molar-refractivity contribution in [2.45, 2.75) is 19.5 Å². The van der Waals surface area contributed by atoms with Gasteiger partial charge in [-0.15, -0.1) is 0 Å². The predicted molar refractivity (Wildman–Crippen MR) is 95.6 cm³/mol. The number of alkyl halides is 3. The molecule has 28 heavy (non-hydrogen) atoms. The molecule has 0 amide bonds. The first-order valence-electron chi connectivity index (χ1n) is 8.45. The van der Waals surface area contributed by atoms with Crippen LogP contribution in [0.5, 0.6) is 5.75 Å². The molecule has 0 saturated carbocycles. The minimum absolute atomic E-state index is 0.155. The van der Waals surface area contributed by atoms with Crippen LogP contribution in [0.3, 0.4) is 0 Å². The highest BCUT2D eigenvalue weighted by Crippen LogP contribution is 2.29. The second-order valence-electron chi connectivity index (χ2n) is 6.31. The smallest absolute Gasteiger partial charge is 0.433 e. The Bertz CT molecular complexity index is 1150. The lowest BCUT2D eigenvalue weighted by Gasteiger charge is -2.10. The number of ether oxygens (including phenoxy) is 1. The Morgan fingerprint density at radius 3 is 2.64 bits per heavy atom. The summed E-state index contributed by atoms with van der Waals surface area (Å²) in [7, 11) is 1.56. The molecule has 6 nitrogen and oxygen atoms in total. The van der Waals surface area contributed by atoms with E-state index in [9.17, 15) is 13.2 Å². The highest BCUT2D eigenvalue weighted by Gasteiger charge is 2.34. The van der Waals surface area contributed by atoms with Crippen LogP contribution in [0.4, 0.5) is 13.2 Å². The quantitative estimate of drug-likeness (QED) is 0.534. The lowest BCUT2D eigenvalue weighted by molar-refractivity contribution is -0.142. The van der Waals surface area contributed by atoms with E-state index in [0.717, 1.165) is 27.5 Å². The number of fused-ring (bicyclic) bond motifs is 1. The van der Waals surface area contributed by atoms with Crippen LogP contribution in [-0.2, 0) is 12.6 Å². The van der Waals surface area contributed by atoms with Crippen molar-refractivity contribution in [2.24, 2.45) is 0 Å². The van der Waals surface area contributed by atoms with Crippen LogP contribution in [0.2, 0.25) is 0 Å². The van der Waals surface area contributed by atoms with Gasteiger partial charge in [-0.05, 0) is 36.8 Å². The van der Waals surface area contributed by atoms with Gasteiger partial charge in [-0.2, -0.15) is 18.3 Å². The summed E-state index contributed by atoms with van der Waals surface area (Å²) in [6.07, 6.45) is -0.661. The van der Waals surface area contributed by atoms with Gasteiger partial charge < -0.3 is 9.30 Å².